The first kappa shape index (κ1) is 18.8. The lowest BCUT2D eigenvalue weighted by Gasteiger charge is -2.39. The maximum atomic E-state index is 5.96. The summed E-state index contributed by atoms with van der Waals surface area (Å²) >= 11 is 0. The topological polar surface area (TPSA) is 64.6 Å². The molecule has 0 saturated carbocycles. The van der Waals surface area contributed by atoms with E-state index in [1.807, 2.05) is 0 Å². The molecule has 24 heavy (non-hydrogen) atoms. The van der Waals surface area contributed by atoms with Crippen LogP contribution in [-0.2, 0) is 18.9 Å². The Hall–Kier alpha value is -1.54. The van der Waals surface area contributed by atoms with Gasteiger partial charge in [0, 0.05) is 26.4 Å². The first-order valence-electron chi connectivity index (χ1n) is 7.64. The maximum Gasteiger partial charge on any atom is 0.191 e. The van der Waals surface area contributed by atoms with E-state index in [9.17, 15) is 0 Å². The van der Waals surface area contributed by atoms with Crippen LogP contribution in [0.5, 0.6) is 17.2 Å². The molecule has 7 nitrogen and oxygen atoms in total. The van der Waals surface area contributed by atoms with Gasteiger partial charge in [0.05, 0.1) is 58.7 Å². The van der Waals surface area contributed by atoms with Gasteiger partial charge in [-0.1, -0.05) is 0 Å². The van der Waals surface area contributed by atoms with Crippen LogP contribution in [0.25, 0.3) is 0 Å². The molecule has 0 bridgehead atoms. The van der Waals surface area contributed by atoms with Crippen LogP contribution in [0.15, 0.2) is 12.1 Å². The van der Waals surface area contributed by atoms with Crippen molar-refractivity contribution in [2.24, 2.45) is 5.41 Å². The summed E-state index contributed by atoms with van der Waals surface area (Å²) in [4.78, 5) is 0. The zero-order valence-corrected chi connectivity index (χ0v) is 14.9. The predicted octanol–water partition coefficient (Wildman–Crippen LogP) is 2.04. The second-order valence-corrected chi connectivity index (χ2v) is 5.77. The zero-order valence-electron chi connectivity index (χ0n) is 14.9. The third-order valence-corrected chi connectivity index (χ3v) is 3.97. The van der Waals surface area contributed by atoms with Crippen LogP contribution in [-0.4, -0.2) is 62.0 Å². The van der Waals surface area contributed by atoms with Crippen LogP contribution in [0.4, 0.5) is 0 Å². The number of rotatable bonds is 8. The summed E-state index contributed by atoms with van der Waals surface area (Å²) in [6, 6.07) is 3.55. The fraction of sp³-hybridized carbons (Fsp3) is 0.647. The molecular weight excluding hydrogens is 316 g/mol. The van der Waals surface area contributed by atoms with E-state index in [4.69, 9.17) is 33.2 Å². The van der Waals surface area contributed by atoms with Crippen molar-refractivity contribution in [3.8, 4) is 17.2 Å². The molecule has 1 aliphatic rings. The molecular formula is C17H26O7. The minimum Gasteiger partial charge on any atom is -0.496 e. The molecule has 7 heteroatoms. The molecule has 0 N–H and O–H groups in total. The first-order valence-corrected chi connectivity index (χ1v) is 7.64. The Bertz CT molecular complexity index is 491. The molecule has 0 amide bonds. The van der Waals surface area contributed by atoms with Crippen molar-refractivity contribution >= 4 is 0 Å². The summed E-state index contributed by atoms with van der Waals surface area (Å²) in [5.41, 5.74) is 0.372. The largest absolute Gasteiger partial charge is 0.496 e. The van der Waals surface area contributed by atoms with Crippen molar-refractivity contribution < 1.29 is 33.2 Å². The second kappa shape index (κ2) is 8.53. The van der Waals surface area contributed by atoms with Gasteiger partial charge in [0.1, 0.15) is 17.2 Å². The van der Waals surface area contributed by atoms with E-state index in [1.54, 1.807) is 47.7 Å². The third kappa shape index (κ3) is 3.92. The van der Waals surface area contributed by atoms with Crippen LogP contribution in [0.3, 0.4) is 0 Å². The van der Waals surface area contributed by atoms with Gasteiger partial charge in [0.15, 0.2) is 6.29 Å². The lowest BCUT2D eigenvalue weighted by atomic mass is 9.91. The van der Waals surface area contributed by atoms with E-state index >= 15 is 0 Å². The molecule has 0 aliphatic carbocycles. The number of ether oxygens (including phenoxy) is 7. The van der Waals surface area contributed by atoms with Crippen molar-refractivity contribution in [1.29, 1.82) is 0 Å². The molecule has 0 spiro atoms. The lowest BCUT2D eigenvalue weighted by molar-refractivity contribution is -0.252. The lowest BCUT2D eigenvalue weighted by Crippen LogP contribution is -2.45. The Morgan fingerprint density at radius 1 is 0.875 bits per heavy atom. The summed E-state index contributed by atoms with van der Waals surface area (Å²) in [5, 5.41) is 0. The van der Waals surface area contributed by atoms with E-state index in [-0.39, 0.29) is 5.41 Å². The van der Waals surface area contributed by atoms with Gasteiger partial charge in [0.2, 0.25) is 0 Å². The molecule has 1 saturated heterocycles. The average Bonchev–Trinajstić information content (AvgIpc) is 2.61. The molecule has 0 radical (unpaired) electrons. The summed E-state index contributed by atoms with van der Waals surface area (Å²) in [7, 11) is 8.06. The van der Waals surface area contributed by atoms with E-state index in [0.717, 1.165) is 0 Å². The molecule has 1 aliphatic heterocycles. The van der Waals surface area contributed by atoms with Gasteiger partial charge < -0.3 is 33.2 Å². The highest BCUT2D eigenvalue weighted by molar-refractivity contribution is 5.51. The van der Waals surface area contributed by atoms with E-state index in [1.165, 1.54) is 0 Å². The van der Waals surface area contributed by atoms with Crippen LogP contribution in [0.2, 0.25) is 0 Å². The molecule has 136 valence electrons. The van der Waals surface area contributed by atoms with E-state index in [2.05, 4.69) is 0 Å². The Morgan fingerprint density at radius 2 is 1.38 bits per heavy atom. The van der Waals surface area contributed by atoms with Crippen molar-refractivity contribution in [2.45, 2.75) is 6.29 Å². The van der Waals surface area contributed by atoms with Crippen molar-refractivity contribution in [3.05, 3.63) is 17.7 Å². The normalized spacial score (nSPS) is 17.5. The number of benzene rings is 1. The van der Waals surface area contributed by atoms with Gasteiger partial charge in [-0.3, -0.25) is 0 Å². The predicted molar refractivity (Wildman–Crippen MR) is 86.9 cm³/mol. The van der Waals surface area contributed by atoms with Crippen LogP contribution in [0, 0.1) is 5.41 Å². The quantitative estimate of drug-likeness (QED) is 0.716. The molecule has 0 atom stereocenters. The summed E-state index contributed by atoms with van der Waals surface area (Å²) in [5.74, 6) is 1.81. The van der Waals surface area contributed by atoms with Crippen LogP contribution < -0.4 is 14.2 Å². The second-order valence-electron chi connectivity index (χ2n) is 5.77. The summed E-state index contributed by atoms with van der Waals surface area (Å²) in [6.45, 7) is 1.87. The van der Waals surface area contributed by atoms with Gasteiger partial charge in [0.25, 0.3) is 0 Å². The molecule has 1 aromatic rings. The Kier molecular flexibility index (Phi) is 6.68. The highest BCUT2D eigenvalue weighted by Crippen LogP contribution is 2.43. The standard InChI is InChI=1S/C17H26O7/c1-18-8-17(9-19-2)10-23-16(24-11-17)15-13(21-4)6-12(20-3)7-14(15)22-5/h6-7,16H,8-11H2,1-5H3. The molecule has 1 fully saturated rings. The molecule has 1 aromatic carbocycles. The highest BCUT2D eigenvalue weighted by Gasteiger charge is 2.39. The van der Waals surface area contributed by atoms with Gasteiger partial charge in [-0.05, 0) is 0 Å². The molecule has 1 heterocycles. The fourth-order valence-corrected chi connectivity index (χ4v) is 2.85. The maximum absolute atomic E-state index is 5.96. The van der Waals surface area contributed by atoms with E-state index in [0.29, 0.717) is 49.2 Å². The monoisotopic (exact) mass is 342 g/mol. The zero-order chi connectivity index (χ0) is 17.6. The average molecular weight is 342 g/mol. The molecule has 0 unspecified atom stereocenters. The van der Waals surface area contributed by atoms with Crippen molar-refractivity contribution in [1.82, 2.24) is 0 Å². The highest BCUT2D eigenvalue weighted by atomic mass is 16.7. The van der Waals surface area contributed by atoms with Crippen molar-refractivity contribution in [3.63, 3.8) is 0 Å². The Morgan fingerprint density at radius 3 is 1.75 bits per heavy atom. The van der Waals surface area contributed by atoms with Crippen molar-refractivity contribution in [2.75, 3.05) is 62.0 Å². The van der Waals surface area contributed by atoms with Crippen LogP contribution >= 0.6 is 0 Å². The minimum atomic E-state index is -0.595. The third-order valence-electron chi connectivity index (χ3n) is 3.97. The molecule has 2 rings (SSSR count). The van der Waals surface area contributed by atoms with Gasteiger partial charge in [-0.2, -0.15) is 0 Å². The number of hydrogen-bond donors (Lipinski definition) is 0. The summed E-state index contributed by atoms with van der Waals surface area (Å²) < 4.78 is 38.7. The van der Waals surface area contributed by atoms with Crippen LogP contribution in [0.1, 0.15) is 11.9 Å². The number of methoxy groups -OCH3 is 5. The SMILES string of the molecule is COCC1(COC)COC(c2c(OC)cc(OC)cc2OC)OC1. The first-order chi connectivity index (χ1) is 11.6. The van der Waals surface area contributed by atoms with E-state index < -0.39 is 6.29 Å². The van der Waals surface area contributed by atoms with Gasteiger partial charge >= 0.3 is 0 Å². The minimum absolute atomic E-state index is 0.326. The van der Waals surface area contributed by atoms with Gasteiger partial charge in [-0.15, -0.1) is 0 Å². The Balaban J connectivity index is 2.24. The van der Waals surface area contributed by atoms with Gasteiger partial charge in [-0.25, -0.2) is 0 Å². The number of hydrogen-bond acceptors (Lipinski definition) is 7. The summed E-state index contributed by atoms with van der Waals surface area (Å²) in [6.07, 6.45) is -0.595. The molecule has 0 aromatic heterocycles. The Labute approximate surface area is 142 Å². The smallest absolute Gasteiger partial charge is 0.191 e. The fourth-order valence-electron chi connectivity index (χ4n) is 2.85.